The van der Waals surface area contributed by atoms with Gasteiger partial charge >= 0.3 is 0 Å². The van der Waals surface area contributed by atoms with Crippen LogP contribution in [0.15, 0.2) is 48.5 Å². The molecule has 0 aliphatic rings. The van der Waals surface area contributed by atoms with Gasteiger partial charge in [0.2, 0.25) is 5.91 Å². The van der Waals surface area contributed by atoms with Crippen LogP contribution in [-0.4, -0.2) is 17.6 Å². The summed E-state index contributed by atoms with van der Waals surface area (Å²) in [6.07, 6.45) is 0.383. The van der Waals surface area contributed by atoms with Gasteiger partial charge in [-0.15, -0.1) is 0 Å². The summed E-state index contributed by atoms with van der Waals surface area (Å²) >= 11 is 0. The van der Waals surface area contributed by atoms with Gasteiger partial charge in [0.25, 0.3) is 0 Å². The molecular weight excluding hydrogens is 307 g/mol. The number of rotatable bonds is 6. The fraction of sp³-hybridized carbons (Fsp3) is 0.263. The van der Waals surface area contributed by atoms with E-state index >= 15 is 0 Å². The second-order valence-corrected chi connectivity index (χ2v) is 5.84. The summed E-state index contributed by atoms with van der Waals surface area (Å²) in [5.74, 6) is -0.629. The van der Waals surface area contributed by atoms with Gasteiger partial charge < -0.3 is 10.4 Å². The van der Waals surface area contributed by atoms with Crippen molar-refractivity contribution >= 4 is 5.91 Å². The van der Waals surface area contributed by atoms with Gasteiger partial charge in [-0.3, -0.25) is 4.79 Å². The molecule has 0 saturated carbocycles. The number of aliphatic hydroxyl groups is 1. The molecule has 1 amide bonds. The highest BCUT2D eigenvalue weighted by atomic mass is 19.1. The highest BCUT2D eigenvalue weighted by Crippen LogP contribution is 2.20. The fourth-order valence-corrected chi connectivity index (χ4v) is 2.40. The number of hydrogen-bond acceptors (Lipinski definition) is 3. The molecule has 0 radical (unpaired) electrons. The first-order chi connectivity index (χ1) is 11.4. The molecule has 124 valence electrons. The normalized spacial score (nSPS) is 12.9. The van der Waals surface area contributed by atoms with Crippen LogP contribution < -0.4 is 5.32 Å². The Kier molecular flexibility index (Phi) is 5.67. The molecule has 2 aromatic carbocycles. The molecule has 2 rings (SSSR count). The second-order valence-electron chi connectivity index (χ2n) is 5.84. The van der Waals surface area contributed by atoms with Gasteiger partial charge in [-0.1, -0.05) is 36.4 Å². The quantitative estimate of drug-likeness (QED) is 0.856. The van der Waals surface area contributed by atoms with Gasteiger partial charge in [0.15, 0.2) is 0 Å². The first-order valence-corrected chi connectivity index (χ1v) is 7.61. The third-order valence-corrected chi connectivity index (χ3v) is 3.83. The maximum atomic E-state index is 13.0. The predicted molar refractivity (Wildman–Crippen MR) is 88.4 cm³/mol. The lowest BCUT2D eigenvalue weighted by molar-refractivity contribution is -0.121. The highest BCUT2D eigenvalue weighted by Gasteiger charge is 2.24. The van der Waals surface area contributed by atoms with Crippen molar-refractivity contribution in [3.8, 4) is 6.07 Å². The number of halogens is 1. The Bertz CT molecular complexity index is 749. The number of hydrogen-bond donors (Lipinski definition) is 2. The Morgan fingerprint density at radius 2 is 1.83 bits per heavy atom. The minimum absolute atomic E-state index is 0.0118. The molecular formula is C19H19FN2O2. The molecule has 2 N–H and O–H groups in total. The summed E-state index contributed by atoms with van der Waals surface area (Å²) in [7, 11) is 0. The van der Waals surface area contributed by atoms with E-state index < -0.39 is 5.60 Å². The van der Waals surface area contributed by atoms with E-state index in [1.54, 1.807) is 6.92 Å². The Morgan fingerprint density at radius 1 is 1.21 bits per heavy atom. The molecule has 4 nitrogen and oxygen atoms in total. The van der Waals surface area contributed by atoms with Crippen LogP contribution in [0.2, 0.25) is 0 Å². The predicted octanol–water partition coefficient (Wildman–Crippen LogP) is 2.46. The summed E-state index contributed by atoms with van der Waals surface area (Å²) < 4.78 is 13.0. The first-order valence-electron chi connectivity index (χ1n) is 7.61. The molecule has 0 saturated heterocycles. The van der Waals surface area contributed by atoms with Crippen LogP contribution in [0.4, 0.5) is 4.39 Å². The lowest BCUT2D eigenvalue weighted by Gasteiger charge is -2.24. The van der Waals surface area contributed by atoms with Crippen LogP contribution >= 0.6 is 0 Å². The first kappa shape index (κ1) is 17.6. The maximum absolute atomic E-state index is 13.0. The van der Waals surface area contributed by atoms with Crippen molar-refractivity contribution in [2.45, 2.75) is 25.4 Å². The van der Waals surface area contributed by atoms with E-state index in [4.69, 9.17) is 5.26 Å². The summed E-state index contributed by atoms with van der Waals surface area (Å²) in [5, 5.41) is 22.0. The topological polar surface area (TPSA) is 73.1 Å². The van der Waals surface area contributed by atoms with Crippen LogP contribution in [0.3, 0.4) is 0 Å². The molecule has 1 atom stereocenters. The van der Waals surface area contributed by atoms with Gasteiger partial charge in [0, 0.05) is 0 Å². The molecule has 5 heteroatoms. The van der Waals surface area contributed by atoms with Crippen molar-refractivity contribution in [1.29, 1.82) is 5.26 Å². The van der Waals surface area contributed by atoms with Gasteiger partial charge in [-0.25, -0.2) is 4.39 Å². The standard InChI is InChI=1S/C19H19FN2O2/c1-19(24,16-6-8-17(20)9-7-16)13-22-18(23)12-15-5-3-2-4-14(15)10-11-21/h2-9,24H,10,12-13H2,1H3,(H,22,23). The molecule has 0 spiro atoms. The Hall–Kier alpha value is -2.71. The number of carbonyl (C=O) groups excluding carboxylic acids is 1. The smallest absolute Gasteiger partial charge is 0.224 e. The molecule has 0 fully saturated rings. The van der Waals surface area contributed by atoms with Gasteiger partial charge in [0.05, 0.1) is 25.5 Å². The molecule has 1 unspecified atom stereocenters. The molecule has 0 bridgehead atoms. The van der Waals surface area contributed by atoms with E-state index in [0.29, 0.717) is 5.56 Å². The average molecular weight is 326 g/mol. The largest absolute Gasteiger partial charge is 0.384 e. The SMILES string of the molecule is CC(O)(CNC(=O)Cc1ccccc1CC#N)c1ccc(F)cc1. The zero-order valence-corrected chi connectivity index (χ0v) is 13.4. The van der Waals surface area contributed by atoms with E-state index in [1.165, 1.54) is 24.3 Å². The zero-order chi connectivity index (χ0) is 17.6. The second kappa shape index (κ2) is 7.71. The van der Waals surface area contributed by atoms with Crippen molar-refractivity contribution in [3.05, 3.63) is 71.0 Å². The van der Waals surface area contributed by atoms with Gasteiger partial charge in [-0.05, 0) is 35.7 Å². The minimum Gasteiger partial charge on any atom is -0.384 e. The van der Waals surface area contributed by atoms with Crippen LogP contribution in [0.5, 0.6) is 0 Å². The minimum atomic E-state index is -1.30. The van der Waals surface area contributed by atoms with Crippen molar-refractivity contribution in [1.82, 2.24) is 5.32 Å². The van der Waals surface area contributed by atoms with Crippen molar-refractivity contribution < 1.29 is 14.3 Å². The molecule has 24 heavy (non-hydrogen) atoms. The lowest BCUT2D eigenvalue weighted by Crippen LogP contribution is -2.39. The molecule has 0 aliphatic carbocycles. The number of benzene rings is 2. The van der Waals surface area contributed by atoms with E-state index in [0.717, 1.165) is 11.1 Å². The third kappa shape index (κ3) is 4.64. The number of nitrogens with zero attached hydrogens (tertiary/aromatic N) is 1. The monoisotopic (exact) mass is 326 g/mol. The fourth-order valence-electron chi connectivity index (χ4n) is 2.40. The summed E-state index contributed by atoms with van der Waals surface area (Å²) in [6, 6.07) is 14.9. The van der Waals surface area contributed by atoms with Crippen molar-refractivity contribution in [2.75, 3.05) is 6.54 Å². The van der Waals surface area contributed by atoms with Gasteiger partial charge in [-0.2, -0.15) is 5.26 Å². The Morgan fingerprint density at radius 3 is 2.46 bits per heavy atom. The number of nitrogens with one attached hydrogen (secondary N) is 1. The number of amides is 1. The molecule has 0 aromatic heterocycles. The number of nitriles is 1. The van der Waals surface area contributed by atoms with Crippen molar-refractivity contribution in [3.63, 3.8) is 0 Å². The van der Waals surface area contributed by atoms with Crippen LogP contribution in [-0.2, 0) is 23.2 Å². The summed E-state index contributed by atoms with van der Waals surface area (Å²) in [6.45, 7) is 1.57. The van der Waals surface area contributed by atoms with Gasteiger partial charge in [0.1, 0.15) is 11.4 Å². The average Bonchev–Trinajstić information content (AvgIpc) is 2.56. The van der Waals surface area contributed by atoms with E-state index in [2.05, 4.69) is 11.4 Å². The third-order valence-electron chi connectivity index (χ3n) is 3.83. The van der Waals surface area contributed by atoms with Crippen LogP contribution in [0.1, 0.15) is 23.6 Å². The van der Waals surface area contributed by atoms with E-state index in [9.17, 15) is 14.3 Å². The molecule has 0 heterocycles. The Labute approximate surface area is 140 Å². The summed E-state index contributed by atoms with van der Waals surface area (Å²) in [5.41, 5.74) is 0.836. The molecule has 0 aliphatic heterocycles. The zero-order valence-electron chi connectivity index (χ0n) is 13.4. The highest BCUT2D eigenvalue weighted by molar-refractivity contribution is 5.79. The Balaban J connectivity index is 1.98. The molecule has 2 aromatic rings. The lowest BCUT2D eigenvalue weighted by atomic mass is 9.95. The van der Waals surface area contributed by atoms with Crippen LogP contribution in [0.25, 0.3) is 0 Å². The van der Waals surface area contributed by atoms with Crippen LogP contribution in [0, 0.1) is 17.1 Å². The maximum Gasteiger partial charge on any atom is 0.224 e. The number of carbonyl (C=O) groups is 1. The van der Waals surface area contributed by atoms with E-state index in [1.807, 2.05) is 24.3 Å². The summed E-state index contributed by atoms with van der Waals surface area (Å²) in [4.78, 5) is 12.1. The van der Waals surface area contributed by atoms with Crippen molar-refractivity contribution in [2.24, 2.45) is 0 Å². The van der Waals surface area contributed by atoms with E-state index in [-0.39, 0.29) is 31.1 Å².